The fourth-order valence-electron chi connectivity index (χ4n) is 1.60. The molecule has 2 amide bonds. The third-order valence-corrected chi connectivity index (χ3v) is 2.64. The summed E-state index contributed by atoms with van der Waals surface area (Å²) in [6.07, 6.45) is 0.719. The molecule has 0 saturated heterocycles. The number of carboxylic acids is 1. The van der Waals surface area contributed by atoms with Crippen molar-refractivity contribution in [1.29, 1.82) is 0 Å². The van der Waals surface area contributed by atoms with E-state index in [9.17, 15) is 14.4 Å². The first-order valence-electron chi connectivity index (χ1n) is 7.00. The van der Waals surface area contributed by atoms with Gasteiger partial charge >= 0.3 is 5.97 Å². The number of ether oxygens (including phenoxy) is 1. The van der Waals surface area contributed by atoms with Crippen molar-refractivity contribution in [3.63, 3.8) is 0 Å². The minimum atomic E-state index is -0.969. The summed E-state index contributed by atoms with van der Waals surface area (Å²) in [4.78, 5) is 33.6. The van der Waals surface area contributed by atoms with Crippen LogP contribution in [0.1, 0.15) is 30.1 Å². The van der Waals surface area contributed by atoms with Crippen molar-refractivity contribution in [2.24, 2.45) is 0 Å². The number of hydrogen-bond donors (Lipinski definition) is 3. The number of amides is 2. The molecule has 0 atom stereocenters. The van der Waals surface area contributed by atoms with Crippen molar-refractivity contribution >= 4 is 23.5 Å². The Hall–Kier alpha value is -2.41. The Morgan fingerprint density at radius 2 is 1.86 bits per heavy atom. The molecule has 7 nitrogen and oxygen atoms in total. The van der Waals surface area contributed by atoms with Crippen LogP contribution in [0.15, 0.2) is 24.3 Å². The molecule has 22 heavy (non-hydrogen) atoms. The predicted octanol–water partition coefficient (Wildman–Crippen LogP) is 1.26. The highest BCUT2D eigenvalue weighted by Crippen LogP contribution is 2.09. The molecule has 0 saturated carbocycles. The second-order valence-corrected chi connectivity index (χ2v) is 4.58. The zero-order valence-electron chi connectivity index (χ0n) is 12.4. The zero-order chi connectivity index (χ0) is 16.4. The van der Waals surface area contributed by atoms with E-state index < -0.39 is 5.97 Å². The molecule has 0 aromatic heterocycles. The molecule has 0 aliphatic carbocycles. The Morgan fingerprint density at radius 1 is 1.18 bits per heavy atom. The summed E-state index contributed by atoms with van der Waals surface area (Å²) >= 11 is 0. The second-order valence-electron chi connectivity index (χ2n) is 4.58. The molecule has 0 spiro atoms. The molecule has 0 aliphatic rings. The molecular formula is C15H20N2O5. The maximum absolute atomic E-state index is 11.7. The summed E-state index contributed by atoms with van der Waals surface area (Å²) in [6, 6.07) is 6.31. The van der Waals surface area contributed by atoms with Crippen LogP contribution in [0.2, 0.25) is 0 Å². The van der Waals surface area contributed by atoms with Crippen molar-refractivity contribution in [3.8, 4) is 0 Å². The van der Waals surface area contributed by atoms with Gasteiger partial charge in [0.25, 0.3) is 5.91 Å². The van der Waals surface area contributed by atoms with Gasteiger partial charge in [0.15, 0.2) is 0 Å². The molecule has 1 aromatic carbocycles. The van der Waals surface area contributed by atoms with Crippen LogP contribution in [-0.2, 0) is 14.3 Å². The van der Waals surface area contributed by atoms with Crippen LogP contribution in [0.4, 0.5) is 5.69 Å². The maximum atomic E-state index is 11.7. The van der Waals surface area contributed by atoms with Crippen molar-refractivity contribution < 1.29 is 24.2 Å². The minimum absolute atomic E-state index is 0.00866. The second kappa shape index (κ2) is 9.51. The van der Waals surface area contributed by atoms with Gasteiger partial charge in [-0.05, 0) is 30.7 Å². The fourth-order valence-corrected chi connectivity index (χ4v) is 1.60. The Morgan fingerprint density at radius 3 is 2.45 bits per heavy atom. The third-order valence-electron chi connectivity index (χ3n) is 2.64. The van der Waals surface area contributed by atoms with E-state index in [1.807, 2.05) is 6.92 Å². The average Bonchev–Trinajstić information content (AvgIpc) is 2.47. The van der Waals surface area contributed by atoms with Crippen LogP contribution in [0, 0.1) is 0 Å². The standard InChI is InChI=1S/C15H20N2O5/c1-2-9-22-10-13(18)17-12-5-3-11(4-6-12)15(21)16-8-7-14(19)20/h3-6H,2,7-10H2,1H3,(H,16,21)(H,17,18)(H,19,20). The van der Waals surface area contributed by atoms with E-state index in [-0.39, 0.29) is 31.4 Å². The Kier molecular flexibility index (Phi) is 7.63. The van der Waals surface area contributed by atoms with Gasteiger partial charge in [0.05, 0.1) is 6.42 Å². The smallest absolute Gasteiger partial charge is 0.305 e. The third kappa shape index (κ3) is 6.85. The molecule has 120 valence electrons. The number of benzene rings is 1. The molecule has 0 unspecified atom stereocenters. The van der Waals surface area contributed by atoms with Crippen LogP contribution in [0.5, 0.6) is 0 Å². The van der Waals surface area contributed by atoms with Gasteiger partial charge in [0.1, 0.15) is 6.61 Å². The van der Waals surface area contributed by atoms with Gasteiger partial charge in [-0.15, -0.1) is 0 Å². The monoisotopic (exact) mass is 308 g/mol. The lowest BCUT2D eigenvalue weighted by molar-refractivity contribution is -0.136. The van der Waals surface area contributed by atoms with Gasteiger partial charge < -0.3 is 20.5 Å². The molecule has 3 N–H and O–H groups in total. The Balaban J connectivity index is 2.43. The molecule has 0 radical (unpaired) electrons. The number of carboxylic acid groups (broad SMARTS) is 1. The van der Waals surface area contributed by atoms with E-state index in [2.05, 4.69) is 10.6 Å². The quantitative estimate of drug-likeness (QED) is 0.596. The highest BCUT2D eigenvalue weighted by atomic mass is 16.5. The van der Waals surface area contributed by atoms with E-state index in [1.54, 1.807) is 24.3 Å². The van der Waals surface area contributed by atoms with Gasteiger partial charge in [-0.25, -0.2) is 0 Å². The van der Waals surface area contributed by atoms with E-state index in [0.717, 1.165) is 6.42 Å². The lowest BCUT2D eigenvalue weighted by atomic mass is 10.2. The maximum Gasteiger partial charge on any atom is 0.305 e. The lowest BCUT2D eigenvalue weighted by Gasteiger charge is -2.07. The van der Waals surface area contributed by atoms with Crippen molar-refractivity contribution in [1.82, 2.24) is 5.32 Å². The van der Waals surface area contributed by atoms with E-state index in [4.69, 9.17) is 9.84 Å². The van der Waals surface area contributed by atoms with Crippen LogP contribution in [-0.4, -0.2) is 42.6 Å². The van der Waals surface area contributed by atoms with Gasteiger partial charge in [-0.3, -0.25) is 14.4 Å². The van der Waals surface area contributed by atoms with E-state index >= 15 is 0 Å². The summed E-state index contributed by atoms with van der Waals surface area (Å²) in [5, 5.41) is 13.6. The lowest BCUT2D eigenvalue weighted by Crippen LogP contribution is -2.26. The predicted molar refractivity (Wildman–Crippen MR) is 80.8 cm³/mol. The Labute approximate surface area is 128 Å². The van der Waals surface area contributed by atoms with E-state index in [1.165, 1.54) is 0 Å². The summed E-state index contributed by atoms with van der Waals surface area (Å²) in [5.74, 6) is -1.58. The largest absolute Gasteiger partial charge is 0.481 e. The van der Waals surface area contributed by atoms with Crippen molar-refractivity contribution in [3.05, 3.63) is 29.8 Å². The number of carbonyl (C=O) groups excluding carboxylic acids is 2. The van der Waals surface area contributed by atoms with Crippen LogP contribution in [0.25, 0.3) is 0 Å². The minimum Gasteiger partial charge on any atom is -0.481 e. The van der Waals surface area contributed by atoms with Crippen LogP contribution < -0.4 is 10.6 Å². The van der Waals surface area contributed by atoms with Gasteiger partial charge in [-0.2, -0.15) is 0 Å². The summed E-state index contributed by atoms with van der Waals surface area (Å²) < 4.78 is 5.12. The van der Waals surface area contributed by atoms with Crippen LogP contribution >= 0.6 is 0 Å². The SMILES string of the molecule is CCCOCC(=O)Nc1ccc(C(=O)NCCC(=O)O)cc1. The van der Waals surface area contributed by atoms with Gasteiger partial charge in [-0.1, -0.05) is 6.92 Å². The first-order valence-corrected chi connectivity index (χ1v) is 7.00. The normalized spacial score (nSPS) is 10.0. The highest BCUT2D eigenvalue weighted by molar-refractivity contribution is 5.96. The van der Waals surface area contributed by atoms with Crippen molar-refractivity contribution in [2.45, 2.75) is 19.8 Å². The zero-order valence-corrected chi connectivity index (χ0v) is 12.4. The summed E-state index contributed by atoms with van der Waals surface area (Å²) in [7, 11) is 0. The summed E-state index contributed by atoms with van der Waals surface area (Å²) in [5.41, 5.74) is 0.956. The topological polar surface area (TPSA) is 105 Å². The molecule has 1 aromatic rings. The number of rotatable bonds is 9. The van der Waals surface area contributed by atoms with Gasteiger partial charge in [0.2, 0.25) is 5.91 Å². The molecule has 0 bridgehead atoms. The molecule has 1 rings (SSSR count). The number of hydrogen-bond acceptors (Lipinski definition) is 4. The van der Waals surface area contributed by atoms with Crippen molar-refractivity contribution in [2.75, 3.05) is 25.1 Å². The Bertz CT molecular complexity index is 513. The number of carbonyl (C=O) groups is 3. The molecule has 7 heteroatoms. The molecular weight excluding hydrogens is 288 g/mol. The first-order chi connectivity index (χ1) is 10.5. The fraction of sp³-hybridized carbons (Fsp3) is 0.400. The number of anilines is 1. The molecule has 0 fully saturated rings. The molecule has 0 aliphatic heterocycles. The molecule has 0 heterocycles. The van der Waals surface area contributed by atoms with Gasteiger partial charge in [0, 0.05) is 24.4 Å². The average molecular weight is 308 g/mol. The number of nitrogens with one attached hydrogen (secondary N) is 2. The van der Waals surface area contributed by atoms with E-state index in [0.29, 0.717) is 17.9 Å². The number of aliphatic carboxylic acids is 1. The summed E-state index contributed by atoms with van der Waals surface area (Å²) in [6.45, 7) is 2.55. The first kappa shape index (κ1) is 17.6. The highest BCUT2D eigenvalue weighted by Gasteiger charge is 2.07. The van der Waals surface area contributed by atoms with Crippen LogP contribution in [0.3, 0.4) is 0 Å².